The van der Waals surface area contributed by atoms with Gasteiger partial charge in [-0.3, -0.25) is 9.59 Å². The molecule has 0 aliphatic carbocycles. The van der Waals surface area contributed by atoms with Crippen molar-refractivity contribution in [1.82, 2.24) is 0 Å². The van der Waals surface area contributed by atoms with E-state index in [2.05, 4.69) is 13.8 Å². The number of hydrogen-bond acceptors (Lipinski definition) is 4. The Labute approximate surface area is 167 Å². The smallest absolute Gasteiger partial charge is 0.317 e. The van der Waals surface area contributed by atoms with Crippen molar-refractivity contribution in [3.05, 3.63) is 0 Å². The molecule has 1 atom stereocenters. The van der Waals surface area contributed by atoms with Crippen molar-refractivity contribution in [2.24, 2.45) is 5.92 Å². The molecule has 0 aliphatic rings. The molecule has 0 radical (unpaired) electrons. The van der Waals surface area contributed by atoms with Crippen LogP contribution in [0.4, 0.5) is 0 Å². The summed E-state index contributed by atoms with van der Waals surface area (Å²) in [6.45, 7) is 7.20. The molecule has 0 heterocycles. The Bertz CT molecular complexity index is 354. The zero-order valence-electron chi connectivity index (χ0n) is 18.2. The Hall–Kier alpha value is -1.06. The van der Waals surface area contributed by atoms with Crippen LogP contribution in [0.2, 0.25) is 0 Å². The Morgan fingerprint density at radius 1 is 0.667 bits per heavy atom. The van der Waals surface area contributed by atoms with Crippen LogP contribution in [0.25, 0.3) is 0 Å². The quantitative estimate of drug-likeness (QED) is 0.143. The van der Waals surface area contributed by atoms with Gasteiger partial charge in [0.25, 0.3) is 0 Å². The molecule has 0 spiro atoms. The summed E-state index contributed by atoms with van der Waals surface area (Å²) in [6.07, 6.45) is 17.2. The second-order valence-corrected chi connectivity index (χ2v) is 7.86. The van der Waals surface area contributed by atoms with Gasteiger partial charge in [-0.1, -0.05) is 97.8 Å². The fourth-order valence-corrected chi connectivity index (χ4v) is 3.16. The lowest BCUT2D eigenvalue weighted by atomic mass is 10.1. The maximum absolute atomic E-state index is 11.6. The monoisotopic (exact) mass is 384 g/mol. The van der Waals surface area contributed by atoms with Crippen LogP contribution < -0.4 is 0 Å². The van der Waals surface area contributed by atoms with E-state index in [0.29, 0.717) is 19.1 Å². The van der Waals surface area contributed by atoms with Gasteiger partial charge in [-0.05, 0) is 18.8 Å². The molecule has 0 N–H and O–H groups in total. The summed E-state index contributed by atoms with van der Waals surface area (Å²) < 4.78 is 10.2. The van der Waals surface area contributed by atoms with Gasteiger partial charge in [0, 0.05) is 0 Å². The maximum Gasteiger partial charge on any atom is 0.317 e. The first-order chi connectivity index (χ1) is 13.1. The molecule has 0 saturated carbocycles. The van der Waals surface area contributed by atoms with Crippen LogP contribution in [0.5, 0.6) is 0 Å². The van der Waals surface area contributed by atoms with E-state index in [-0.39, 0.29) is 6.42 Å². The van der Waals surface area contributed by atoms with E-state index in [4.69, 9.17) is 9.47 Å². The number of ether oxygens (including phenoxy) is 2. The summed E-state index contributed by atoms with van der Waals surface area (Å²) in [5.41, 5.74) is 0. The highest BCUT2D eigenvalue weighted by atomic mass is 16.6. The predicted molar refractivity (Wildman–Crippen MR) is 112 cm³/mol. The summed E-state index contributed by atoms with van der Waals surface area (Å²) in [4.78, 5) is 23.2. The van der Waals surface area contributed by atoms with Crippen molar-refractivity contribution in [3.8, 4) is 0 Å². The number of hydrogen-bond donors (Lipinski definition) is 0. The first-order valence-corrected chi connectivity index (χ1v) is 11.4. The van der Waals surface area contributed by atoms with Crippen molar-refractivity contribution in [2.45, 2.75) is 117 Å². The highest BCUT2D eigenvalue weighted by Gasteiger charge is 2.13. The van der Waals surface area contributed by atoms with Crippen LogP contribution in [-0.4, -0.2) is 25.2 Å². The van der Waals surface area contributed by atoms with Gasteiger partial charge in [-0.15, -0.1) is 0 Å². The number of carbonyl (C=O) groups excluding carboxylic acids is 2. The zero-order chi connectivity index (χ0) is 20.2. The topological polar surface area (TPSA) is 52.6 Å². The highest BCUT2D eigenvalue weighted by Crippen LogP contribution is 2.12. The van der Waals surface area contributed by atoms with Crippen molar-refractivity contribution in [1.29, 1.82) is 0 Å². The molecular weight excluding hydrogens is 340 g/mol. The molecule has 0 fully saturated rings. The van der Waals surface area contributed by atoms with Gasteiger partial charge in [0.05, 0.1) is 13.2 Å². The summed E-state index contributed by atoms with van der Waals surface area (Å²) in [7, 11) is 0. The molecule has 27 heavy (non-hydrogen) atoms. The van der Waals surface area contributed by atoms with Crippen LogP contribution in [0.15, 0.2) is 0 Å². The van der Waals surface area contributed by atoms with E-state index in [9.17, 15) is 9.59 Å². The van der Waals surface area contributed by atoms with Crippen molar-refractivity contribution in [3.63, 3.8) is 0 Å². The van der Waals surface area contributed by atoms with Crippen LogP contribution in [0, 0.1) is 5.92 Å². The molecule has 0 aliphatic heterocycles. The van der Waals surface area contributed by atoms with Gasteiger partial charge in [0.2, 0.25) is 0 Å². The first-order valence-electron chi connectivity index (χ1n) is 11.4. The maximum atomic E-state index is 11.6. The lowest BCUT2D eigenvalue weighted by Gasteiger charge is -2.10. The van der Waals surface area contributed by atoms with E-state index < -0.39 is 11.9 Å². The molecule has 0 aromatic rings. The van der Waals surface area contributed by atoms with Crippen LogP contribution >= 0.6 is 0 Å². The van der Waals surface area contributed by atoms with Crippen molar-refractivity contribution < 1.29 is 19.1 Å². The van der Waals surface area contributed by atoms with E-state index in [0.717, 1.165) is 25.7 Å². The second kappa shape index (κ2) is 19.7. The molecular formula is C23H44O4. The Kier molecular flexibility index (Phi) is 18.9. The van der Waals surface area contributed by atoms with Crippen LogP contribution in [0.1, 0.15) is 117 Å². The Morgan fingerprint density at radius 3 is 1.67 bits per heavy atom. The van der Waals surface area contributed by atoms with Gasteiger partial charge in [0.1, 0.15) is 6.42 Å². The first kappa shape index (κ1) is 25.9. The normalized spacial score (nSPS) is 12.0. The van der Waals surface area contributed by atoms with Gasteiger partial charge in [-0.25, -0.2) is 0 Å². The number of unbranched alkanes of at least 4 members (excludes halogenated alkanes) is 11. The molecule has 0 amide bonds. The minimum absolute atomic E-state index is 0.267. The van der Waals surface area contributed by atoms with Crippen LogP contribution in [-0.2, 0) is 19.1 Å². The molecule has 0 aromatic carbocycles. The van der Waals surface area contributed by atoms with E-state index in [1.165, 1.54) is 64.2 Å². The molecule has 160 valence electrons. The van der Waals surface area contributed by atoms with E-state index >= 15 is 0 Å². The summed E-state index contributed by atoms with van der Waals surface area (Å²) in [5, 5.41) is 0. The molecule has 0 aromatic heterocycles. The largest absolute Gasteiger partial charge is 0.465 e. The lowest BCUT2D eigenvalue weighted by Crippen LogP contribution is -2.17. The summed E-state index contributed by atoms with van der Waals surface area (Å²) >= 11 is 0. The summed E-state index contributed by atoms with van der Waals surface area (Å²) in [5.74, 6) is -0.597. The second-order valence-electron chi connectivity index (χ2n) is 7.86. The number of carbonyl (C=O) groups is 2. The third kappa shape index (κ3) is 19.5. The van der Waals surface area contributed by atoms with Gasteiger partial charge >= 0.3 is 11.9 Å². The highest BCUT2D eigenvalue weighted by molar-refractivity contribution is 5.91. The SMILES string of the molecule is CCCCCCCCCCCCCCOC(=O)CC(=O)OCC(C)CCC. The fraction of sp³-hybridized carbons (Fsp3) is 0.913. The molecule has 4 nitrogen and oxygen atoms in total. The molecule has 0 saturated heterocycles. The predicted octanol–water partition coefficient (Wildman–Crippen LogP) is 6.60. The Balaban J connectivity index is 3.35. The Morgan fingerprint density at radius 2 is 1.15 bits per heavy atom. The van der Waals surface area contributed by atoms with Crippen molar-refractivity contribution in [2.75, 3.05) is 13.2 Å². The number of rotatable bonds is 19. The average Bonchev–Trinajstić information content (AvgIpc) is 2.64. The fourth-order valence-electron chi connectivity index (χ4n) is 3.16. The van der Waals surface area contributed by atoms with Gasteiger partial charge in [0.15, 0.2) is 0 Å². The molecule has 4 heteroatoms. The summed E-state index contributed by atoms with van der Waals surface area (Å²) in [6, 6.07) is 0. The lowest BCUT2D eigenvalue weighted by molar-refractivity contribution is -0.155. The zero-order valence-corrected chi connectivity index (χ0v) is 18.2. The van der Waals surface area contributed by atoms with Crippen molar-refractivity contribution >= 4 is 11.9 Å². The third-order valence-electron chi connectivity index (χ3n) is 4.86. The third-order valence-corrected chi connectivity index (χ3v) is 4.86. The van der Waals surface area contributed by atoms with Gasteiger partial charge < -0.3 is 9.47 Å². The van der Waals surface area contributed by atoms with E-state index in [1.54, 1.807) is 0 Å². The minimum atomic E-state index is -0.474. The number of esters is 2. The van der Waals surface area contributed by atoms with E-state index in [1.807, 2.05) is 6.92 Å². The molecule has 1 unspecified atom stereocenters. The molecule has 0 rings (SSSR count). The van der Waals surface area contributed by atoms with Gasteiger partial charge in [-0.2, -0.15) is 0 Å². The standard InChI is InChI=1S/C23H44O4/c1-4-6-7-8-9-10-11-12-13-14-15-16-18-26-22(24)19-23(25)27-20-21(3)17-5-2/h21H,4-20H2,1-3H3. The minimum Gasteiger partial charge on any atom is -0.465 e. The average molecular weight is 385 g/mol. The molecule has 0 bridgehead atoms. The van der Waals surface area contributed by atoms with Crippen LogP contribution in [0.3, 0.4) is 0 Å².